The quantitative estimate of drug-likeness (QED) is 0.679. The molecular weight excluding hydrogens is 356 g/mol. The van der Waals surface area contributed by atoms with E-state index in [0.717, 1.165) is 0 Å². The second-order valence-corrected chi connectivity index (χ2v) is 5.74. The Morgan fingerprint density at radius 2 is 1.52 bits per heavy atom. The van der Waals surface area contributed by atoms with Crippen LogP contribution in [0.1, 0.15) is 17.3 Å². The molecule has 0 atom stereocenters. The Bertz CT molecular complexity index is 700. The van der Waals surface area contributed by atoms with Gasteiger partial charge in [-0.1, -0.05) is 46.4 Å². The number of halogens is 4. The van der Waals surface area contributed by atoms with Gasteiger partial charge in [0.2, 0.25) is 5.78 Å². The van der Waals surface area contributed by atoms with Crippen molar-refractivity contribution in [2.24, 2.45) is 4.99 Å². The Morgan fingerprint density at radius 1 is 0.952 bits per heavy atom. The standard InChI is InChI=1S/C14H7Cl4NO2/c1-6-9(16)12(10(17)11(18)13(6)20)19-14(21)7-2-4-8(15)5-3-7/h2-5H,1H3. The minimum atomic E-state index is -0.565. The van der Waals surface area contributed by atoms with Crippen LogP contribution in [0.2, 0.25) is 5.02 Å². The Hall–Kier alpha value is -1.13. The number of rotatable bonds is 1. The number of aliphatic imine (C=N–C) groups is 1. The van der Waals surface area contributed by atoms with Crippen molar-refractivity contribution in [2.45, 2.75) is 6.92 Å². The fourth-order valence-electron chi connectivity index (χ4n) is 1.60. The third-order valence-electron chi connectivity index (χ3n) is 2.78. The van der Waals surface area contributed by atoms with Crippen LogP contribution in [0, 0.1) is 0 Å². The zero-order valence-electron chi connectivity index (χ0n) is 10.6. The Labute approximate surface area is 140 Å². The summed E-state index contributed by atoms with van der Waals surface area (Å²) in [5.41, 5.74) is 0.487. The molecule has 1 aromatic carbocycles. The van der Waals surface area contributed by atoms with Crippen molar-refractivity contribution in [1.82, 2.24) is 0 Å². The number of ketones is 1. The summed E-state index contributed by atoms with van der Waals surface area (Å²) in [4.78, 5) is 27.7. The molecule has 2 rings (SSSR count). The second-order valence-electron chi connectivity index (χ2n) is 4.17. The number of carbonyl (C=O) groups is 2. The fraction of sp³-hybridized carbons (Fsp3) is 0.0714. The van der Waals surface area contributed by atoms with Crippen LogP contribution in [-0.4, -0.2) is 17.4 Å². The topological polar surface area (TPSA) is 46.5 Å². The fourth-order valence-corrected chi connectivity index (χ4v) is 2.45. The van der Waals surface area contributed by atoms with Crippen LogP contribution in [0.4, 0.5) is 0 Å². The van der Waals surface area contributed by atoms with Crippen LogP contribution in [0.25, 0.3) is 0 Å². The van der Waals surface area contributed by atoms with Crippen LogP contribution >= 0.6 is 46.4 Å². The minimum Gasteiger partial charge on any atom is -0.288 e. The van der Waals surface area contributed by atoms with Crippen LogP contribution in [-0.2, 0) is 4.79 Å². The van der Waals surface area contributed by atoms with Gasteiger partial charge in [0, 0.05) is 16.2 Å². The molecular formula is C14H7Cl4NO2. The Kier molecular flexibility index (Phi) is 4.89. The molecule has 21 heavy (non-hydrogen) atoms. The van der Waals surface area contributed by atoms with Gasteiger partial charge in [0.15, 0.2) is 0 Å². The number of benzene rings is 1. The highest BCUT2D eigenvalue weighted by Gasteiger charge is 2.29. The van der Waals surface area contributed by atoms with E-state index in [4.69, 9.17) is 46.4 Å². The van der Waals surface area contributed by atoms with Gasteiger partial charge >= 0.3 is 0 Å². The molecule has 0 heterocycles. The average Bonchev–Trinajstić information content (AvgIpc) is 2.48. The first-order valence-electron chi connectivity index (χ1n) is 5.68. The number of hydrogen-bond donors (Lipinski definition) is 0. The maximum absolute atomic E-state index is 12.1. The predicted octanol–water partition coefficient (Wildman–Crippen LogP) is 4.71. The summed E-state index contributed by atoms with van der Waals surface area (Å²) in [6.07, 6.45) is 0. The van der Waals surface area contributed by atoms with E-state index in [2.05, 4.69) is 4.99 Å². The number of hydrogen-bond acceptors (Lipinski definition) is 2. The summed E-state index contributed by atoms with van der Waals surface area (Å²) in [6.45, 7) is 1.48. The van der Waals surface area contributed by atoms with Gasteiger partial charge in [-0.25, -0.2) is 4.99 Å². The van der Waals surface area contributed by atoms with E-state index in [1.807, 2.05) is 0 Å². The highest BCUT2D eigenvalue weighted by Crippen LogP contribution is 2.32. The molecule has 0 radical (unpaired) electrons. The summed E-state index contributed by atoms with van der Waals surface area (Å²) < 4.78 is 0. The predicted molar refractivity (Wildman–Crippen MR) is 85.5 cm³/mol. The van der Waals surface area contributed by atoms with E-state index >= 15 is 0 Å². The van der Waals surface area contributed by atoms with Gasteiger partial charge in [0.1, 0.15) is 10.7 Å². The molecule has 0 aliphatic heterocycles. The Morgan fingerprint density at radius 3 is 2.10 bits per heavy atom. The largest absolute Gasteiger partial charge is 0.288 e. The monoisotopic (exact) mass is 361 g/mol. The van der Waals surface area contributed by atoms with E-state index < -0.39 is 11.7 Å². The van der Waals surface area contributed by atoms with Gasteiger partial charge in [-0.2, -0.15) is 0 Å². The molecule has 0 spiro atoms. The highest BCUT2D eigenvalue weighted by atomic mass is 35.5. The number of Topliss-reactive ketones (excluding diaryl/α,β-unsaturated/α-hetero) is 1. The van der Waals surface area contributed by atoms with Crippen LogP contribution in [0.3, 0.4) is 0 Å². The van der Waals surface area contributed by atoms with Crippen LogP contribution in [0.15, 0.2) is 49.9 Å². The summed E-state index contributed by atoms with van der Waals surface area (Å²) in [6, 6.07) is 6.16. The van der Waals surface area contributed by atoms with E-state index in [-0.39, 0.29) is 26.4 Å². The van der Waals surface area contributed by atoms with Gasteiger partial charge in [-0.3, -0.25) is 9.59 Å². The maximum atomic E-state index is 12.1. The normalized spacial score (nSPS) is 17.8. The summed E-state index contributed by atoms with van der Waals surface area (Å²) in [7, 11) is 0. The first-order valence-corrected chi connectivity index (χ1v) is 7.19. The third kappa shape index (κ3) is 3.22. The first kappa shape index (κ1) is 16.2. The van der Waals surface area contributed by atoms with Gasteiger partial charge in [-0.05, 0) is 31.2 Å². The third-order valence-corrected chi connectivity index (χ3v) is 4.32. The molecule has 108 valence electrons. The van der Waals surface area contributed by atoms with Crippen molar-refractivity contribution in [2.75, 3.05) is 0 Å². The zero-order chi connectivity index (χ0) is 15.7. The molecule has 0 unspecified atom stereocenters. The molecule has 0 saturated heterocycles. The number of nitrogens with zero attached hydrogens (tertiary/aromatic N) is 1. The maximum Gasteiger partial charge on any atom is 0.277 e. The molecule has 0 N–H and O–H groups in total. The van der Waals surface area contributed by atoms with Crippen LogP contribution < -0.4 is 0 Å². The first-order chi connectivity index (χ1) is 9.82. The lowest BCUT2D eigenvalue weighted by Crippen LogP contribution is -2.17. The van der Waals surface area contributed by atoms with Crippen molar-refractivity contribution in [1.29, 1.82) is 0 Å². The van der Waals surface area contributed by atoms with Crippen LogP contribution in [0.5, 0.6) is 0 Å². The lowest BCUT2D eigenvalue weighted by molar-refractivity contribution is -0.111. The summed E-state index contributed by atoms with van der Waals surface area (Å²) in [5.74, 6) is -1.05. The van der Waals surface area contributed by atoms with E-state index in [1.165, 1.54) is 19.1 Å². The van der Waals surface area contributed by atoms with Gasteiger partial charge in [0.05, 0.1) is 10.1 Å². The molecule has 0 saturated carbocycles. The SMILES string of the molecule is CC1=C(Cl)C(=NC(=O)c2ccc(Cl)cc2)C(Cl)=C(Cl)C1=O. The molecule has 1 aliphatic rings. The van der Waals surface area contributed by atoms with Gasteiger partial charge in [0.25, 0.3) is 5.91 Å². The molecule has 7 heteroatoms. The van der Waals surface area contributed by atoms with Gasteiger partial charge < -0.3 is 0 Å². The lowest BCUT2D eigenvalue weighted by atomic mass is 10.0. The minimum absolute atomic E-state index is 0.0108. The van der Waals surface area contributed by atoms with Crippen molar-refractivity contribution in [3.8, 4) is 0 Å². The van der Waals surface area contributed by atoms with Crippen molar-refractivity contribution >= 4 is 63.8 Å². The Balaban J connectivity index is 2.46. The molecule has 1 aromatic rings. The smallest absolute Gasteiger partial charge is 0.277 e. The molecule has 1 amide bonds. The number of amides is 1. The van der Waals surface area contributed by atoms with Crippen molar-refractivity contribution in [3.63, 3.8) is 0 Å². The molecule has 0 bridgehead atoms. The van der Waals surface area contributed by atoms with E-state index in [9.17, 15) is 9.59 Å². The molecule has 3 nitrogen and oxygen atoms in total. The van der Waals surface area contributed by atoms with Crippen molar-refractivity contribution in [3.05, 3.63) is 55.5 Å². The second kappa shape index (κ2) is 6.32. The van der Waals surface area contributed by atoms with E-state index in [0.29, 0.717) is 10.6 Å². The van der Waals surface area contributed by atoms with Gasteiger partial charge in [-0.15, -0.1) is 0 Å². The molecule has 0 aromatic heterocycles. The highest BCUT2D eigenvalue weighted by molar-refractivity contribution is 6.65. The summed E-state index contributed by atoms with van der Waals surface area (Å²) >= 11 is 23.5. The van der Waals surface area contributed by atoms with Crippen molar-refractivity contribution < 1.29 is 9.59 Å². The molecule has 1 aliphatic carbocycles. The number of allylic oxidation sites excluding steroid dienone is 4. The lowest BCUT2D eigenvalue weighted by Gasteiger charge is -2.14. The molecule has 0 fully saturated rings. The zero-order valence-corrected chi connectivity index (χ0v) is 13.6. The summed E-state index contributed by atoms with van der Waals surface area (Å²) in [5, 5.41) is 0.162. The van der Waals surface area contributed by atoms with E-state index in [1.54, 1.807) is 12.1 Å². The average molecular weight is 363 g/mol. The number of carbonyl (C=O) groups excluding carboxylic acids is 2.